The van der Waals surface area contributed by atoms with Gasteiger partial charge in [-0.2, -0.15) is 18.3 Å². The second-order valence-corrected chi connectivity index (χ2v) is 10.6. The summed E-state index contributed by atoms with van der Waals surface area (Å²) in [4.78, 5) is 12.7. The van der Waals surface area contributed by atoms with E-state index in [4.69, 9.17) is 11.6 Å². The minimum atomic E-state index is -4.45. The molecule has 0 aliphatic heterocycles. The van der Waals surface area contributed by atoms with Crippen molar-refractivity contribution in [2.24, 2.45) is 5.92 Å². The number of rotatable bonds is 7. The number of alkyl halides is 3. The molecule has 0 N–H and O–H groups in total. The molecule has 11 heteroatoms. The van der Waals surface area contributed by atoms with E-state index in [9.17, 15) is 30.8 Å². The second kappa shape index (κ2) is 9.14. The van der Waals surface area contributed by atoms with E-state index < -0.39 is 38.6 Å². The van der Waals surface area contributed by atoms with E-state index in [1.54, 1.807) is 0 Å². The number of nitrogens with zero attached hydrogens (tertiary/aromatic N) is 2. The molecule has 0 radical (unpaired) electrons. The van der Waals surface area contributed by atoms with Crippen molar-refractivity contribution in [1.29, 1.82) is 0 Å². The van der Waals surface area contributed by atoms with E-state index in [0.29, 0.717) is 24.1 Å². The van der Waals surface area contributed by atoms with Crippen LogP contribution in [0.5, 0.6) is 0 Å². The maximum Gasteiger partial charge on any atom is 0.416 e. The fraction of sp³-hybridized carbons (Fsp3) is 0.304. The molecular formula is C23H19ClF4N2O3S. The lowest BCUT2D eigenvalue weighted by Crippen LogP contribution is -2.43. The highest BCUT2D eigenvalue weighted by Crippen LogP contribution is 2.38. The van der Waals surface area contributed by atoms with E-state index in [1.807, 2.05) is 0 Å². The van der Waals surface area contributed by atoms with Gasteiger partial charge in [-0.05, 0) is 67.8 Å². The Morgan fingerprint density at radius 1 is 1.06 bits per heavy atom. The molecule has 1 fully saturated rings. The lowest BCUT2D eigenvalue weighted by atomic mass is 9.80. The number of sulfone groups is 1. The van der Waals surface area contributed by atoms with Crippen LogP contribution in [0.1, 0.15) is 30.4 Å². The lowest BCUT2D eigenvalue weighted by molar-refractivity contribution is -0.137. The summed E-state index contributed by atoms with van der Waals surface area (Å²) in [5.74, 6) is -1.42. The van der Waals surface area contributed by atoms with Crippen LogP contribution in [0.2, 0.25) is 5.15 Å². The Bertz CT molecular complexity index is 1300. The Kier molecular flexibility index (Phi) is 6.56. The average molecular weight is 515 g/mol. The Morgan fingerprint density at radius 2 is 1.71 bits per heavy atom. The molecule has 1 heterocycles. The van der Waals surface area contributed by atoms with E-state index in [0.717, 1.165) is 24.3 Å². The topological polar surface area (TPSA) is 69.0 Å². The van der Waals surface area contributed by atoms with Crippen molar-refractivity contribution in [2.45, 2.75) is 42.0 Å². The van der Waals surface area contributed by atoms with Crippen LogP contribution in [0, 0.1) is 11.7 Å². The molecule has 1 aliphatic rings. The molecular weight excluding hydrogens is 496 g/mol. The number of aromatic nitrogens is 2. The summed E-state index contributed by atoms with van der Waals surface area (Å²) in [6, 6.07) is 8.93. The lowest BCUT2D eigenvalue weighted by Gasteiger charge is -2.35. The molecule has 2 unspecified atom stereocenters. The van der Waals surface area contributed by atoms with Crippen molar-refractivity contribution < 1.29 is 30.8 Å². The molecule has 0 spiro atoms. The maximum atomic E-state index is 13.1. The third-order valence-corrected chi connectivity index (χ3v) is 8.61. The third-order valence-electron chi connectivity index (χ3n) is 6.00. The van der Waals surface area contributed by atoms with Crippen LogP contribution in [-0.2, 0) is 27.2 Å². The molecule has 3 aromatic rings. The zero-order chi connectivity index (χ0) is 24.7. The zero-order valence-electron chi connectivity index (χ0n) is 17.6. The highest BCUT2D eigenvalue weighted by Gasteiger charge is 2.45. The minimum absolute atomic E-state index is 0.0164. The molecule has 34 heavy (non-hydrogen) atoms. The van der Waals surface area contributed by atoms with Crippen LogP contribution in [0.15, 0.2) is 59.6 Å². The summed E-state index contributed by atoms with van der Waals surface area (Å²) in [6.45, 7) is 0. The van der Waals surface area contributed by atoms with Crippen molar-refractivity contribution in [3.8, 4) is 5.69 Å². The number of Topliss-reactive ketones (excluding diaryl/α,β-unsaturated/α-hetero) is 1. The van der Waals surface area contributed by atoms with Crippen LogP contribution < -0.4 is 0 Å². The molecule has 0 bridgehead atoms. The monoisotopic (exact) mass is 514 g/mol. The predicted octanol–water partition coefficient (Wildman–Crippen LogP) is 5.44. The fourth-order valence-corrected chi connectivity index (χ4v) is 6.20. The van der Waals surface area contributed by atoms with Gasteiger partial charge >= 0.3 is 6.18 Å². The van der Waals surface area contributed by atoms with Gasteiger partial charge in [-0.25, -0.2) is 17.5 Å². The predicted molar refractivity (Wildman–Crippen MR) is 117 cm³/mol. The van der Waals surface area contributed by atoms with Crippen molar-refractivity contribution in [2.75, 3.05) is 0 Å². The van der Waals surface area contributed by atoms with Crippen LogP contribution in [0.4, 0.5) is 17.6 Å². The smallest absolute Gasteiger partial charge is 0.299 e. The van der Waals surface area contributed by atoms with Crippen LogP contribution >= 0.6 is 11.6 Å². The Balaban J connectivity index is 1.41. The molecule has 0 amide bonds. The number of ketones is 1. The summed E-state index contributed by atoms with van der Waals surface area (Å²) in [5.41, 5.74) is 0.107. The quantitative estimate of drug-likeness (QED) is 0.311. The van der Waals surface area contributed by atoms with Gasteiger partial charge in [-0.15, -0.1) is 0 Å². The van der Waals surface area contributed by atoms with Crippen molar-refractivity contribution in [3.05, 3.63) is 76.8 Å². The Morgan fingerprint density at radius 3 is 2.26 bits per heavy atom. The summed E-state index contributed by atoms with van der Waals surface area (Å²) in [5, 5.41) is 3.35. The second-order valence-electron chi connectivity index (χ2n) is 8.12. The number of halogens is 5. The summed E-state index contributed by atoms with van der Waals surface area (Å²) in [6.07, 6.45) is -1.87. The van der Waals surface area contributed by atoms with Gasteiger partial charge in [-0.3, -0.25) is 4.79 Å². The first kappa shape index (κ1) is 24.4. The van der Waals surface area contributed by atoms with Crippen molar-refractivity contribution >= 4 is 27.2 Å². The van der Waals surface area contributed by atoms with Crippen LogP contribution in [-0.4, -0.2) is 29.2 Å². The molecule has 180 valence electrons. The van der Waals surface area contributed by atoms with Crippen molar-refractivity contribution in [1.82, 2.24) is 9.78 Å². The third kappa shape index (κ3) is 4.88. The van der Waals surface area contributed by atoms with Gasteiger partial charge in [0.05, 0.1) is 21.4 Å². The minimum Gasteiger partial charge on any atom is -0.299 e. The van der Waals surface area contributed by atoms with Gasteiger partial charge in [0.2, 0.25) is 0 Å². The summed E-state index contributed by atoms with van der Waals surface area (Å²) in [7, 11) is -3.76. The Hall–Kier alpha value is -2.72. The highest BCUT2D eigenvalue weighted by atomic mass is 35.5. The zero-order valence-corrected chi connectivity index (χ0v) is 19.2. The van der Waals surface area contributed by atoms with Gasteiger partial charge in [-0.1, -0.05) is 11.6 Å². The molecule has 5 nitrogen and oxygen atoms in total. The van der Waals surface area contributed by atoms with Gasteiger partial charge in [0.1, 0.15) is 11.6 Å². The molecule has 2 aromatic carbocycles. The molecule has 1 aliphatic carbocycles. The van der Waals surface area contributed by atoms with E-state index in [1.165, 1.54) is 35.1 Å². The first-order valence-corrected chi connectivity index (χ1v) is 12.3. The van der Waals surface area contributed by atoms with E-state index >= 15 is 0 Å². The standard InChI is InChI=1S/C23H19ClF4N2O3S/c24-22-14(13-30(29-22)17-6-2-15(3-7-17)23(26,27)28)1-11-20(31)19-10-12-21(19)34(32,33)18-8-4-16(25)5-9-18/h2-9,13,19,21H,1,10-12H2. The summed E-state index contributed by atoms with van der Waals surface area (Å²) >= 11 is 6.15. The van der Waals surface area contributed by atoms with Crippen LogP contribution in [0.25, 0.3) is 5.69 Å². The fourth-order valence-electron chi connectivity index (χ4n) is 3.94. The first-order chi connectivity index (χ1) is 16.0. The molecule has 2 atom stereocenters. The molecule has 1 saturated carbocycles. The number of hydrogen-bond donors (Lipinski definition) is 0. The van der Waals surface area contributed by atoms with Crippen molar-refractivity contribution in [3.63, 3.8) is 0 Å². The maximum absolute atomic E-state index is 13.1. The molecule has 0 saturated heterocycles. The first-order valence-electron chi connectivity index (χ1n) is 10.4. The van der Waals surface area contributed by atoms with Gasteiger partial charge < -0.3 is 0 Å². The largest absolute Gasteiger partial charge is 0.416 e. The molecule has 1 aromatic heterocycles. The van der Waals surface area contributed by atoms with Gasteiger partial charge in [0, 0.05) is 24.1 Å². The number of carbonyl (C=O) groups excluding carboxylic acids is 1. The van der Waals surface area contributed by atoms with E-state index in [2.05, 4.69) is 5.10 Å². The van der Waals surface area contributed by atoms with Gasteiger partial charge in [0.15, 0.2) is 15.0 Å². The SMILES string of the molecule is O=C(CCc1cn(-c2ccc(C(F)(F)F)cc2)nc1Cl)C1CCC1S(=O)(=O)c1ccc(F)cc1. The number of aryl methyl sites for hydroxylation is 1. The average Bonchev–Trinajstić information content (AvgIpc) is 3.11. The summed E-state index contributed by atoms with van der Waals surface area (Å²) < 4.78 is 78.4. The number of benzene rings is 2. The number of carbonyl (C=O) groups is 1. The molecule has 4 rings (SSSR count). The highest BCUT2D eigenvalue weighted by molar-refractivity contribution is 7.92. The Labute approximate surface area is 198 Å². The van der Waals surface area contributed by atoms with Crippen LogP contribution in [0.3, 0.4) is 0 Å². The number of hydrogen-bond acceptors (Lipinski definition) is 4. The normalized spacial score (nSPS) is 18.5. The van der Waals surface area contributed by atoms with E-state index in [-0.39, 0.29) is 28.7 Å². The van der Waals surface area contributed by atoms with Gasteiger partial charge in [0.25, 0.3) is 0 Å².